The lowest BCUT2D eigenvalue weighted by Crippen LogP contribution is -2.25. The highest BCUT2D eigenvalue weighted by atomic mass is 19.1. The van der Waals surface area contributed by atoms with Crippen LogP contribution in [0, 0.1) is 11.7 Å². The molecule has 0 unspecified atom stereocenters. The molecule has 7 heteroatoms. The number of hydrogen-bond acceptors (Lipinski definition) is 5. The Balaban J connectivity index is 1.32. The van der Waals surface area contributed by atoms with Crippen LogP contribution in [0.1, 0.15) is 6.42 Å². The number of aromatic nitrogens is 4. The van der Waals surface area contributed by atoms with Crippen molar-refractivity contribution in [1.29, 1.82) is 0 Å². The lowest BCUT2D eigenvalue weighted by atomic mass is 9.90. The molecule has 3 aromatic rings. The van der Waals surface area contributed by atoms with Gasteiger partial charge >= 0.3 is 0 Å². The van der Waals surface area contributed by atoms with E-state index in [2.05, 4.69) is 56.2 Å². The van der Waals surface area contributed by atoms with Crippen LogP contribution in [-0.2, 0) is 0 Å². The van der Waals surface area contributed by atoms with Gasteiger partial charge in [0.1, 0.15) is 18.0 Å². The zero-order chi connectivity index (χ0) is 18.9. The Labute approximate surface area is 161 Å². The van der Waals surface area contributed by atoms with Gasteiger partial charge in [0.15, 0.2) is 5.65 Å². The summed E-state index contributed by atoms with van der Waals surface area (Å²) in [5.41, 5.74) is 2.82. The predicted octanol–water partition coefficient (Wildman–Crippen LogP) is 3.35. The Bertz CT molecular complexity index is 1100. The van der Waals surface area contributed by atoms with Crippen LogP contribution in [0.25, 0.3) is 16.7 Å². The van der Waals surface area contributed by atoms with E-state index in [-0.39, 0.29) is 5.82 Å². The fourth-order valence-corrected chi connectivity index (χ4v) is 3.74. The number of hydrogen-bond donors (Lipinski definition) is 2. The van der Waals surface area contributed by atoms with Crippen molar-refractivity contribution in [2.75, 3.05) is 11.9 Å². The first-order valence-electron chi connectivity index (χ1n) is 9.28. The van der Waals surface area contributed by atoms with Crippen LogP contribution in [-0.4, -0.2) is 32.3 Å². The molecule has 1 aromatic carbocycles. The van der Waals surface area contributed by atoms with Gasteiger partial charge in [-0.1, -0.05) is 24.3 Å². The summed E-state index contributed by atoms with van der Waals surface area (Å²) in [7, 11) is 0. The highest BCUT2D eigenvalue weighted by Crippen LogP contribution is 2.28. The van der Waals surface area contributed by atoms with Gasteiger partial charge in [0, 0.05) is 12.5 Å². The molecule has 2 atom stereocenters. The van der Waals surface area contributed by atoms with Gasteiger partial charge in [0.25, 0.3) is 0 Å². The summed E-state index contributed by atoms with van der Waals surface area (Å²) < 4.78 is 14.9. The first-order chi connectivity index (χ1) is 13.8. The summed E-state index contributed by atoms with van der Waals surface area (Å²) in [5, 5.41) is 12.1. The van der Waals surface area contributed by atoms with E-state index in [9.17, 15) is 4.39 Å². The highest BCUT2D eigenvalue weighted by Gasteiger charge is 2.26. The van der Waals surface area contributed by atoms with Crippen LogP contribution < -0.4 is 10.6 Å². The first-order valence-corrected chi connectivity index (χ1v) is 9.28. The smallest absolute Gasteiger partial charge is 0.168 e. The van der Waals surface area contributed by atoms with E-state index < -0.39 is 0 Å². The summed E-state index contributed by atoms with van der Waals surface area (Å²) in [6.45, 7) is 0.766. The third-order valence-corrected chi connectivity index (χ3v) is 5.17. The largest absolute Gasteiger partial charge is 0.384 e. The van der Waals surface area contributed by atoms with Crippen molar-refractivity contribution in [2.24, 2.45) is 5.92 Å². The van der Waals surface area contributed by atoms with Gasteiger partial charge in [0.2, 0.25) is 0 Å². The van der Waals surface area contributed by atoms with Crippen LogP contribution in [0.2, 0.25) is 0 Å². The SMILES string of the molecule is Fc1ccc(-n2ncc3c(NCCC4=CN[C@H]5C=CC=C[C@@H]45)ncnc32)cc1. The van der Waals surface area contributed by atoms with Crippen molar-refractivity contribution < 1.29 is 4.39 Å². The normalized spacial score (nSPS) is 20.1. The number of rotatable bonds is 5. The minimum Gasteiger partial charge on any atom is -0.384 e. The molecule has 1 aliphatic heterocycles. The number of anilines is 1. The Morgan fingerprint density at radius 2 is 1.96 bits per heavy atom. The lowest BCUT2D eigenvalue weighted by molar-refractivity contribution is 0.620. The second-order valence-corrected chi connectivity index (χ2v) is 6.88. The van der Waals surface area contributed by atoms with Gasteiger partial charge in [-0.05, 0) is 42.5 Å². The standard InChI is InChI=1S/C21H19FN6/c22-15-5-7-16(8-6-15)28-21-18(12-27-28)20(25-13-26-21)23-10-9-14-11-24-19-4-2-1-3-17(14)19/h1-8,11-13,17,19,24H,9-10H2,(H,23,25,26)/t17-,19-/m0/s1. The van der Waals surface area contributed by atoms with Gasteiger partial charge in [-0.15, -0.1) is 0 Å². The Morgan fingerprint density at radius 1 is 1.11 bits per heavy atom. The third kappa shape index (κ3) is 2.94. The van der Waals surface area contributed by atoms with E-state index in [1.165, 1.54) is 24.0 Å². The van der Waals surface area contributed by atoms with Gasteiger partial charge in [-0.25, -0.2) is 19.0 Å². The number of halogens is 1. The van der Waals surface area contributed by atoms with Gasteiger partial charge in [-0.3, -0.25) is 0 Å². The van der Waals surface area contributed by atoms with Crippen molar-refractivity contribution in [3.05, 3.63) is 78.7 Å². The van der Waals surface area contributed by atoms with E-state index >= 15 is 0 Å². The van der Waals surface area contributed by atoms with Crippen molar-refractivity contribution in [3.8, 4) is 5.69 Å². The predicted molar refractivity (Wildman–Crippen MR) is 107 cm³/mol. The molecule has 2 aliphatic rings. The number of allylic oxidation sites excluding steroid dienone is 2. The molecule has 6 nitrogen and oxygen atoms in total. The maximum atomic E-state index is 13.2. The number of nitrogens with zero attached hydrogens (tertiary/aromatic N) is 4. The molecular formula is C21H19FN6. The van der Waals surface area contributed by atoms with E-state index in [4.69, 9.17) is 0 Å². The minimum absolute atomic E-state index is 0.279. The summed E-state index contributed by atoms with van der Waals surface area (Å²) in [5.74, 6) is 0.900. The van der Waals surface area contributed by atoms with Crippen LogP contribution in [0.3, 0.4) is 0 Å². The first kappa shape index (κ1) is 16.7. The Kier molecular flexibility index (Phi) is 4.12. The minimum atomic E-state index is -0.279. The van der Waals surface area contributed by atoms with E-state index in [1.807, 2.05) is 0 Å². The molecule has 3 heterocycles. The van der Waals surface area contributed by atoms with E-state index in [0.717, 1.165) is 29.9 Å². The fourth-order valence-electron chi connectivity index (χ4n) is 3.74. The number of fused-ring (bicyclic) bond motifs is 2. The molecule has 1 aliphatic carbocycles. The second kappa shape index (κ2) is 6.92. The maximum absolute atomic E-state index is 13.2. The average molecular weight is 374 g/mol. The van der Waals surface area contributed by atoms with Crippen molar-refractivity contribution in [1.82, 2.24) is 25.1 Å². The zero-order valence-corrected chi connectivity index (χ0v) is 15.1. The van der Waals surface area contributed by atoms with Crippen LogP contribution in [0.5, 0.6) is 0 Å². The molecule has 140 valence electrons. The molecule has 0 bridgehead atoms. The molecule has 5 rings (SSSR count). The van der Waals surface area contributed by atoms with E-state index in [1.54, 1.807) is 23.0 Å². The van der Waals surface area contributed by atoms with E-state index in [0.29, 0.717) is 17.6 Å². The molecule has 28 heavy (non-hydrogen) atoms. The molecule has 0 saturated carbocycles. The summed E-state index contributed by atoms with van der Waals surface area (Å²) in [6, 6.07) is 6.56. The van der Waals surface area contributed by atoms with Gasteiger partial charge in [-0.2, -0.15) is 5.10 Å². The fraction of sp³-hybridized carbons (Fsp3) is 0.190. The summed E-state index contributed by atoms with van der Waals surface area (Å²) in [6.07, 6.45) is 14.9. The van der Waals surface area contributed by atoms with Crippen LogP contribution in [0.4, 0.5) is 10.2 Å². The molecule has 2 aromatic heterocycles. The number of nitrogens with one attached hydrogen (secondary N) is 2. The molecule has 0 saturated heterocycles. The maximum Gasteiger partial charge on any atom is 0.168 e. The molecule has 0 spiro atoms. The quantitative estimate of drug-likeness (QED) is 0.717. The number of benzene rings is 1. The molecular weight excluding hydrogens is 355 g/mol. The van der Waals surface area contributed by atoms with Gasteiger partial charge in [0.05, 0.1) is 23.3 Å². The Hall–Kier alpha value is -3.48. The lowest BCUT2D eigenvalue weighted by Gasteiger charge is -2.19. The third-order valence-electron chi connectivity index (χ3n) is 5.17. The van der Waals surface area contributed by atoms with Gasteiger partial charge < -0.3 is 10.6 Å². The molecule has 2 N–H and O–H groups in total. The second-order valence-electron chi connectivity index (χ2n) is 6.88. The van der Waals surface area contributed by atoms with Crippen LogP contribution >= 0.6 is 0 Å². The summed E-state index contributed by atoms with van der Waals surface area (Å²) >= 11 is 0. The zero-order valence-electron chi connectivity index (χ0n) is 15.1. The van der Waals surface area contributed by atoms with Crippen molar-refractivity contribution in [3.63, 3.8) is 0 Å². The monoisotopic (exact) mass is 374 g/mol. The molecule has 0 fully saturated rings. The molecule has 0 amide bonds. The van der Waals surface area contributed by atoms with Crippen LogP contribution in [0.15, 0.2) is 72.9 Å². The Morgan fingerprint density at radius 3 is 2.86 bits per heavy atom. The van der Waals surface area contributed by atoms with Crippen molar-refractivity contribution in [2.45, 2.75) is 12.5 Å². The highest BCUT2D eigenvalue weighted by molar-refractivity contribution is 5.87. The van der Waals surface area contributed by atoms with Crippen molar-refractivity contribution >= 4 is 16.9 Å². The topological polar surface area (TPSA) is 67.7 Å². The summed E-state index contributed by atoms with van der Waals surface area (Å²) in [4.78, 5) is 8.74. The average Bonchev–Trinajstić information content (AvgIpc) is 3.34. The molecule has 0 radical (unpaired) electrons.